The standard InChI is InChI=1S/C16H15Br2ClO/c1-3-20-15-7-5-4-6-11(15)16(19)12-9-13(17)10(2)8-14(12)18/h4-9,16H,3H2,1-2H3. The number of aryl methyl sites for hydroxylation is 1. The molecular weight excluding hydrogens is 403 g/mol. The van der Waals surface area contributed by atoms with Crippen LogP contribution >= 0.6 is 43.5 Å². The Morgan fingerprint density at radius 2 is 1.80 bits per heavy atom. The minimum atomic E-state index is -0.260. The third-order valence-corrected chi connectivity index (χ3v) is 5.05. The molecule has 106 valence electrons. The number of benzene rings is 2. The van der Waals surface area contributed by atoms with E-state index in [0.717, 1.165) is 25.8 Å². The maximum atomic E-state index is 6.67. The molecule has 0 amide bonds. The molecular formula is C16H15Br2ClO. The Bertz CT molecular complexity index is 613. The second kappa shape index (κ2) is 6.97. The molecule has 20 heavy (non-hydrogen) atoms. The van der Waals surface area contributed by atoms with Crippen LogP contribution in [0.25, 0.3) is 0 Å². The third-order valence-electron chi connectivity index (χ3n) is 3.04. The first-order valence-electron chi connectivity index (χ1n) is 6.36. The fourth-order valence-corrected chi connectivity index (χ4v) is 3.54. The molecule has 0 aliphatic carbocycles. The van der Waals surface area contributed by atoms with E-state index in [1.807, 2.05) is 31.2 Å². The van der Waals surface area contributed by atoms with Crippen molar-refractivity contribution in [3.05, 3.63) is 62.0 Å². The lowest BCUT2D eigenvalue weighted by Crippen LogP contribution is -2.01. The molecule has 0 aliphatic rings. The van der Waals surface area contributed by atoms with Crippen LogP contribution in [0.15, 0.2) is 45.3 Å². The van der Waals surface area contributed by atoms with Gasteiger partial charge in [0.15, 0.2) is 0 Å². The van der Waals surface area contributed by atoms with Crippen LogP contribution in [0, 0.1) is 6.92 Å². The minimum Gasteiger partial charge on any atom is -0.494 e. The Kier molecular flexibility index (Phi) is 5.53. The second-order valence-corrected chi connectivity index (χ2v) is 6.60. The summed E-state index contributed by atoms with van der Waals surface area (Å²) in [6.07, 6.45) is 0. The molecule has 0 fully saturated rings. The molecule has 0 saturated carbocycles. The SMILES string of the molecule is CCOc1ccccc1C(Cl)c1cc(Br)c(C)cc1Br. The average Bonchev–Trinajstić information content (AvgIpc) is 2.43. The molecule has 2 aromatic carbocycles. The van der Waals surface area contributed by atoms with E-state index in [1.165, 1.54) is 5.56 Å². The number of hydrogen-bond acceptors (Lipinski definition) is 1. The van der Waals surface area contributed by atoms with Gasteiger partial charge in [0.05, 0.1) is 12.0 Å². The summed E-state index contributed by atoms with van der Waals surface area (Å²) in [5.41, 5.74) is 3.17. The number of ether oxygens (including phenoxy) is 1. The van der Waals surface area contributed by atoms with Gasteiger partial charge >= 0.3 is 0 Å². The Morgan fingerprint density at radius 3 is 2.50 bits per heavy atom. The van der Waals surface area contributed by atoms with Gasteiger partial charge in [-0.3, -0.25) is 0 Å². The number of rotatable bonds is 4. The van der Waals surface area contributed by atoms with Crippen molar-refractivity contribution >= 4 is 43.5 Å². The molecule has 1 atom stereocenters. The summed E-state index contributed by atoms with van der Waals surface area (Å²) in [6.45, 7) is 4.65. The summed E-state index contributed by atoms with van der Waals surface area (Å²) in [4.78, 5) is 0. The maximum absolute atomic E-state index is 6.67. The highest BCUT2D eigenvalue weighted by atomic mass is 79.9. The van der Waals surface area contributed by atoms with Gasteiger partial charge in [-0.2, -0.15) is 0 Å². The first kappa shape index (κ1) is 15.9. The van der Waals surface area contributed by atoms with Crippen molar-refractivity contribution in [3.63, 3.8) is 0 Å². The molecule has 4 heteroatoms. The van der Waals surface area contributed by atoms with Crippen molar-refractivity contribution in [2.45, 2.75) is 19.2 Å². The van der Waals surface area contributed by atoms with Gasteiger partial charge in [0.2, 0.25) is 0 Å². The third kappa shape index (κ3) is 3.38. The topological polar surface area (TPSA) is 9.23 Å². The lowest BCUT2D eigenvalue weighted by atomic mass is 10.0. The van der Waals surface area contributed by atoms with E-state index in [1.54, 1.807) is 0 Å². The van der Waals surface area contributed by atoms with E-state index < -0.39 is 0 Å². The molecule has 0 bridgehead atoms. The van der Waals surface area contributed by atoms with E-state index in [4.69, 9.17) is 16.3 Å². The predicted octanol–water partition coefficient (Wildman–Crippen LogP) is 6.25. The van der Waals surface area contributed by atoms with Gasteiger partial charge in [-0.05, 0) is 43.2 Å². The van der Waals surface area contributed by atoms with Gasteiger partial charge in [-0.1, -0.05) is 50.1 Å². The van der Waals surface area contributed by atoms with Gasteiger partial charge in [0, 0.05) is 14.5 Å². The smallest absolute Gasteiger partial charge is 0.124 e. The molecule has 1 nitrogen and oxygen atoms in total. The highest BCUT2D eigenvalue weighted by molar-refractivity contribution is 9.11. The fourth-order valence-electron chi connectivity index (χ4n) is 2.00. The van der Waals surface area contributed by atoms with Crippen molar-refractivity contribution in [1.29, 1.82) is 0 Å². The minimum absolute atomic E-state index is 0.260. The van der Waals surface area contributed by atoms with E-state index in [-0.39, 0.29) is 5.38 Å². The van der Waals surface area contributed by atoms with Crippen molar-refractivity contribution in [2.24, 2.45) is 0 Å². The number of alkyl halides is 1. The van der Waals surface area contributed by atoms with Crippen LogP contribution in [0.3, 0.4) is 0 Å². The lowest BCUT2D eigenvalue weighted by molar-refractivity contribution is 0.337. The van der Waals surface area contributed by atoms with E-state index >= 15 is 0 Å². The average molecular weight is 419 g/mol. The summed E-state index contributed by atoms with van der Waals surface area (Å²) in [5, 5.41) is -0.260. The largest absolute Gasteiger partial charge is 0.494 e. The first-order valence-corrected chi connectivity index (χ1v) is 8.38. The summed E-state index contributed by atoms with van der Waals surface area (Å²) >= 11 is 13.8. The summed E-state index contributed by atoms with van der Waals surface area (Å²) in [6, 6.07) is 12.0. The van der Waals surface area contributed by atoms with Gasteiger partial charge in [0.25, 0.3) is 0 Å². The van der Waals surface area contributed by atoms with Crippen molar-refractivity contribution in [1.82, 2.24) is 0 Å². The zero-order valence-corrected chi connectivity index (χ0v) is 15.2. The molecule has 0 saturated heterocycles. The highest BCUT2D eigenvalue weighted by Crippen LogP contribution is 2.40. The summed E-state index contributed by atoms with van der Waals surface area (Å²) in [5.74, 6) is 0.832. The normalized spacial score (nSPS) is 12.2. The van der Waals surface area contributed by atoms with Crippen LogP contribution < -0.4 is 4.74 Å². The summed E-state index contributed by atoms with van der Waals surface area (Å²) in [7, 11) is 0. The van der Waals surface area contributed by atoms with Crippen LogP contribution in [0.5, 0.6) is 5.75 Å². The second-order valence-electron chi connectivity index (χ2n) is 4.46. The number of para-hydroxylation sites is 1. The van der Waals surface area contributed by atoms with Gasteiger partial charge in [-0.15, -0.1) is 11.6 Å². The Labute approximate surface area is 141 Å². The van der Waals surface area contributed by atoms with Crippen molar-refractivity contribution in [3.8, 4) is 5.75 Å². The molecule has 2 aromatic rings. The molecule has 0 radical (unpaired) electrons. The molecule has 0 heterocycles. The van der Waals surface area contributed by atoms with Crippen molar-refractivity contribution < 1.29 is 4.74 Å². The molecule has 2 rings (SSSR count). The highest BCUT2D eigenvalue weighted by Gasteiger charge is 2.19. The van der Waals surface area contributed by atoms with E-state index in [9.17, 15) is 0 Å². The quantitative estimate of drug-likeness (QED) is 0.534. The molecule has 1 unspecified atom stereocenters. The lowest BCUT2D eigenvalue weighted by Gasteiger charge is -2.17. The van der Waals surface area contributed by atoms with E-state index in [0.29, 0.717) is 6.61 Å². The van der Waals surface area contributed by atoms with Crippen LogP contribution in [0.2, 0.25) is 0 Å². The molecule has 0 aromatic heterocycles. The predicted molar refractivity (Wildman–Crippen MR) is 91.9 cm³/mol. The molecule has 0 aliphatic heterocycles. The Balaban J connectivity index is 2.46. The van der Waals surface area contributed by atoms with Crippen LogP contribution in [-0.4, -0.2) is 6.61 Å². The van der Waals surface area contributed by atoms with E-state index in [2.05, 4.69) is 50.9 Å². The Morgan fingerprint density at radius 1 is 1.10 bits per heavy atom. The van der Waals surface area contributed by atoms with Crippen LogP contribution in [0.4, 0.5) is 0 Å². The zero-order chi connectivity index (χ0) is 14.7. The van der Waals surface area contributed by atoms with Gasteiger partial charge < -0.3 is 4.74 Å². The van der Waals surface area contributed by atoms with Gasteiger partial charge in [0.1, 0.15) is 5.75 Å². The molecule has 0 N–H and O–H groups in total. The van der Waals surface area contributed by atoms with Crippen LogP contribution in [-0.2, 0) is 0 Å². The van der Waals surface area contributed by atoms with Gasteiger partial charge in [-0.25, -0.2) is 0 Å². The first-order chi connectivity index (χ1) is 9.54. The number of halogens is 3. The van der Waals surface area contributed by atoms with Crippen LogP contribution in [0.1, 0.15) is 29.0 Å². The Hall–Kier alpha value is -0.510. The van der Waals surface area contributed by atoms with Crippen molar-refractivity contribution in [2.75, 3.05) is 6.61 Å². The number of hydrogen-bond donors (Lipinski definition) is 0. The maximum Gasteiger partial charge on any atom is 0.124 e. The zero-order valence-electron chi connectivity index (χ0n) is 11.3. The fraction of sp³-hybridized carbons (Fsp3) is 0.250. The monoisotopic (exact) mass is 416 g/mol. The summed E-state index contributed by atoms with van der Waals surface area (Å²) < 4.78 is 7.72. The molecule has 0 spiro atoms.